The maximum Gasteiger partial charge on any atom is 0.408 e. The van der Waals surface area contributed by atoms with Crippen molar-refractivity contribution in [3.63, 3.8) is 0 Å². The first-order valence-electron chi connectivity index (χ1n) is 35.0. The van der Waals surface area contributed by atoms with Gasteiger partial charge in [-0.25, -0.2) is 19.2 Å². The molecule has 2 saturated heterocycles. The minimum absolute atomic E-state index is 0. The van der Waals surface area contributed by atoms with E-state index in [0.29, 0.717) is 28.9 Å². The maximum atomic E-state index is 15.4. The summed E-state index contributed by atoms with van der Waals surface area (Å²) < 4.78 is 46.4. The monoisotopic (exact) mass is 1490 g/mol. The molecule has 4 bridgehead atoms. The molecule has 0 radical (unpaired) electrons. The van der Waals surface area contributed by atoms with Crippen LogP contribution in [-0.2, 0) is 66.7 Å². The van der Waals surface area contributed by atoms with Crippen LogP contribution < -0.4 is 10.6 Å². The Labute approximate surface area is 615 Å². The number of hydrogen-bond acceptors (Lipinski definition) is 22. The van der Waals surface area contributed by atoms with Crippen LogP contribution in [-0.4, -0.2) is 187 Å². The molecule has 22 atom stereocenters. The first-order chi connectivity index (χ1) is 47.1. The number of nitrogens with one attached hydrogen (secondary N) is 2. The van der Waals surface area contributed by atoms with Gasteiger partial charge in [0.25, 0.3) is 0 Å². The summed E-state index contributed by atoms with van der Waals surface area (Å²) in [6, 6.07) is 14.3. The molecule has 4 saturated carbocycles. The summed E-state index contributed by atoms with van der Waals surface area (Å²) in [5, 5.41) is 77.4. The number of aliphatic hydroxyl groups excluding tert-OH is 4. The highest BCUT2D eigenvalue weighted by Gasteiger charge is 2.76. The van der Waals surface area contributed by atoms with E-state index < -0.39 is 205 Å². The summed E-state index contributed by atoms with van der Waals surface area (Å²) in [5.74, 6) is -8.72. The molecule has 8 N–H and O–H groups in total. The fourth-order valence-corrected chi connectivity index (χ4v) is 19.4. The molecule has 26 heteroatoms. The van der Waals surface area contributed by atoms with Crippen LogP contribution in [0.3, 0.4) is 0 Å². The number of ether oxygens (including phenoxy) is 8. The lowest BCUT2D eigenvalue weighted by atomic mass is 9.40. The van der Waals surface area contributed by atoms with Gasteiger partial charge in [-0.3, -0.25) is 19.2 Å². The minimum Gasteiger partial charge on any atom is -0.460 e. The van der Waals surface area contributed by atoms with E-state index in [4.69, 9.17) is 61.1 Å². The SMILES string of the molecule is C.CC1=C2[C@@H](O)C(=O)[C@@]3(C)C([C@H](C)[C@](O)(C[C@@H]1OC(=O)[C@H](O)[C@@H](NC(=O)OC(C)(C)C)c1ccccc1)C2(C)C)[C@]1(C)CO[C@@H]1C[C@@H]3O.CC1=C2[C@@H](OC(=O)CCl)C(=O)[C@@]3(C)C([C@H](C)[C@](O)(C[C@@H]1OC(=O)[C@H](O)[C@@H](NC(=O)OC(C)(C)C)c1ccccc1)C2(C)C)[C@]1(C)CO[C@@H]1C[C@@H]3OC(=O)CCl.[2HH]. The number of Topliss-reactive ketones (excluding diaryl/α,β-unsaturated/α-hetero) is 2. The first kappa shape index (κ1) is 82.6. The quantitative estimate of drug-likeness (QED) is 0.0378. The Morgan fingerprint density at radius 1 is 0.583 bits per heavy atom. The highest BCUT2D eigenvalue weighted by Crippen LogP contribution is 2.69. The Bertz CT molecular complexity index is 3650. The van der Waals surface area contributed by atoms with Crippen LogP contribution in [0.25, 0.3) is 0 Å². The Balaban J connectivity index is 0.000000289. The summed E-state index contributed by atoms with van der Waals surface area (Å²) in [5.41, 5.74) is -9.76. The number of carbonyl (C=O) groups excluding carboxylic acids is 8. The Morgan fingerprint density at radius 2 is 0.961 bits per heavy atom. The van der Waals surface area contributed by atoms with Crippen LogP contribution in [0.15, 0.2) is 83.0 Å². The second-order valence-corrected chi connectivity index (χ2v) is 34.0. The summed E-state index contributed by atoms with van der Waals surface area (Å²) in [4.78, 5) is 109. The normalized spacial score (nSPS) is 36.6. The molecular formula is C77H110Cl2N2O22. The minimum atomic E-state index is -1.95. The molecule has 8 aliphatic rings. The van der Waals surface area contributed by atoms with Crippen molar-refractivity contribution in [1.29, 1.82) is 0 Å². The van der Waals surface area contributed by atoms with Crippen molar-refractivity contribution in [2.75, 3.05) is 25.0 Å². The summed E-state index contributed by atoms with van der Waals surface area (Å²) in [6.07, 6.45) is -14.0. The van der Waals surface area contributed by atoms with Crippen LogP contribution in [0, 0.1) is 56.2 Å². The van der Waals surface area contributed by atoms with Crippen molar-refractivity contribution in [2.24, 2.45) is 56.2 Å². The van der Waals surface area contributed by atoms with Gasteiger partial charge >= 0.3 is 36.1 Å². The largest absolute Gasteiger partial charge is 0.460 e. The zero-order valence-corrected chi connectivity index (χ0v) is 63.2. The molecule has 2 aliphatic heterocycles. The molecule has 2 heterocycles. The third-order valence-corrected chi connectivity index (χ3v) is 25.0. The molecule has 10 rings (SSSR count). The predicted molar refractivity (Wildman–Crippen MR) is 379 cm³/mol. The Kier molecular flexibility index (Phi) is 23.5. The van der Waals surface area contributed by atoms with Gasteiger partial charge in [0.2, 0.25) is 0 Å². The van der Waals surface area contributed by atoms with Gasteiger partial charge in [0.15, 0.2) is 29.9 Å². The van der Waals surface area contributed by atoms with Gasteiger partial charge in [-0.2, -0.15) is 0 Å². The van der Waals surface area contributed by atoms with Crippen molar-refractivity contribution < 1.29 is 108 Å². The number of hydrogen-bond donors (Lipinski definition) is 8. The molecule has 0 spiro atoms. The number of aliphatic hydroxyl groups is 6. The van der Waals surface area contributed by atoms with E-state index in [1.165, 1.54) is 0 Å². The van der Waals surface area contributed by atoms with Gasteiger partial charge in [-0.1, -0.05) is 123 Å². The third-order valence-electron chi connectivity index (χ3n) is 24.5. The molecule has 6 fully saturated rings. The predicted octanol–water partition coefficient (Wildman–Crippen LogP) is 9.21. The van der Waals surface area contributed by atoms with E-state index in [0.717, 1.165) is 0 Å². The number of ketones is 2. The topological polar surface area (TPSA) is 356 Å². The van der Waals surface area contributed by atoms with Crippen molar-refractivity contribution in [2.45, 2.75) is 253 Å². The summed E-state index contributed by atoms with van der Waals surface area (Å²) in [6.45, 7) is 32.0. The zero-order chi connectivity index (χ0) is 76.1. The fourth-order valence-electron chi connectivity index (χ4n) is 19.3. The molecule has 2 amide bonds. The smallest absolute Gasteiger partial charge is 0.408 e. The number of alkyl carbamates (subject to hydrolysis) is 2. The van der Waals surface area contributed by atoms with E-state index in [1.807, 2.05) is 27.7 Å². The number of amides is 2. The average Bonchev–Trinajstić information content (AvgIpc) is 0.681. The lowest BCUT2D eigenvalue weighted by Crippen LogP contribution is -2.75. The van der Waals surface area contributed by atoms with Gasteiger partial charge in [0.05, 0.1) is 65.6 Å². The van der Waals surface area contributed by atoms with E-state index in [-0.39, 0.29) is 58.4 Å². The van der Waals surface area contributed by atoms with Gasteiger partial charge in [-0.05, 0) is 126 Å². The van der Waals surface area contributed by atoms with Gasteiger partial charge in [0, 0.05) is 48.8 Å². The molecule has 574 valence electrons. The number of halogens is 2. The second-order valence-electron chi connectivity index (χ2n) is 33.5. The van der Waals surface area contributed by atoms with E-state index in [2.05, 4.69) is 10.6 Å². The van der Waals surface area contributed by atoms with E-state index >= 15 is 4.79 Å². The fraction of sp³-hybridized carbons (Fsp3) is 0.688. The maximum absolute atomic E-state index is 15.4. The standard InChI is InChI=1S/C40H53Cl2NO12.C36H51NO10.CH4.H2/c1-20-23(52-34(48)30(46)29(22-13-11-10-12-14-22)43-35(49)55-36(3,4)5)16-40(50)21(2)32-38(8)19-51-24(38)15-25(53-26(44)17-41)39(32,9)33(47)31(54-27(45)18-42)28(20)37(40,6)7;1-18-21(46-30(42)27(40)25(20-13-11-10-12-14-20)37-31(43)47-32(3,4)5)16-36(44)19(2)28-34(8)17-45-23(34)15-22(38)35(28,9)29(41)26(39)24(18)33(36,6)7;;/h10-14,21,23-25,29-32,46,50H,15-19H2,1-9H3,(H,43,49);10-14,19,21-23,25-28,38-40,44H,15-17H2,1-9H3,(H,37,43);1H4;1H/t21-,23-,24+,25-,29-,30+,31+,32?,38+,39+,40+;19-,21-,22-,23+,25-,26+,27+,28?,34+,35+,36+;;/m00../s1/i;;;1+1. The molecule has 2 unspecified atom stereocenters. The average molecular weight is 1490 g/mol. The van der Waals surface area contributed by atoms with Crippen LogP contribution in [0.2, 0.25) is 0 Å². The lowest BCUT2D eigenvalue weighted by Gasteiger charge is -2.68. The van der Waals surface area contributed by atoms with Crippen molar-refractivity contribution >= 4 is 70.8 Å². The molecule has 2 aromatic carbocycles. The Morgan fingerprint density at radius 3 is 1.35 bits per heavy atom. The number of benzene rings is 2. The number of carbonyl (C=O) groups is 8. The molecular weight excluding hydrogens is 1380 g/mol. The van der Waals surface area contributed by atoms with E-state index in [9.17, 15) is 64.2 Å². The van der Waals surface area contributed by atoms with E-state index in [1.54, 1.807) is 158 Å². The van der Waals surface area contributed by atoms with Crippen molar-refractivity contribution in [1.82, 2.24) is 10.6 Å². The van der Waals surface area contributed by atoms with Gasteiger partial charge < -0.3 is 79.2 Å². The Hall–Kier alpha value is -6.06. The highest BCUT2D eigenvalue weighted by molar-refractivity contribution is 6.26. The highest BCUT2D eigenvalue weighted by atomic mass is 35.5. The zero-order valence-electron chi connectivity index (χ0n) is 61.6. The van der Waals surface area contributed by atoms with Gasteiger partial charge in [0.1, 0.15) is 47.4 Å². The summed E-state index contributed by atoms with van der Waals surface area (Å²) in [7, 11) is 0. The second kappa shape index (κ2) is 29.3. The van der Waals surface area contributed by atoms with Crippen LogP contribution in [0.1, 0.15) is 182 Å². The lowest BCUT2D eigenvalue weighted by molar-refractivity contribution is -0.303. The number of esters is 4. The van der Waals surface area contributed by atoms with Gasteiger partial charge in [-0.15, -0.1) is 23.2 Å². The summed E-state index contributed by atoms with van der Waals surface area (Å²) >= 11 is 11.8. The molecule has 2 aromatic rings. The number of fused-ring (bicyclic) bond motifs is 10. The molecule has 6 aliphatic carbocycles. The van der Waals surface area contributed by atoms with Crippen LogP contribution >= 0.6 is 23.2 Å². The number of rotatable bonds is 14. The van der Waals surface area contributed by atoms with Crippen molar-refractivity contribution in [3.05, 3.63) is 94.1 Å². The number of alkyl halides is 2. The molecule has 0 aromatic heterocycles. The van der Waals surface area contributed by atoms with Crippen molar-refractivity contribution in [3.8, 4) is 0 Å². The third kappa shape index (κ3) is 14.2. The first-order valence-corrected chi connectivity index (χ1v) is 36.1. The molecule has 24 nitrogen and oxygen atoms in total. The molecule has 103 heavy (non-hydrogen) atoms. The van der Waals surface area contributed by atoms with Crippen LogP contribution in [0.4, 0.5) is 9.59 Å². The van der Waals surface area contributed by atoms with Crippen LogP contribution in [0.5, 0.6) is 0 Å².